The van der Waals surface area contributed by atoms with Gasteiger partial charge in [-0.1, -0.05) is 24.3 Å². The maximum absolute atomic E-state index is 13.3. The molecule has 1 saturated heterocycles. The van der Waals surface area contributed by atoms with Crippen molar-refractivity contribution in [2.75, 3.05) is 29.9 Å². The molecule has 3 aromatic rings. The highest BCUT2D eigenvalue weighted by Gasteiger charge is 2.24. The van der Waals surface area contributed by atoms with Crippen molar-refractivity contribution in [3.05, 3.63) is 94.8 Å². The number of aliphatic hydroxyl groups is 2. The van der Waals surface area contributed by atoms with E-state index in [-0.39, 0.29) is 17.2 Å². The molecule has 10 nitrogen and oxygen atoms in total. The molecule has 0 aromatic heterocycles. The first-order chi connectivity index (χ1) is 20.6. The van der Waals surface area contributed by atoms with Crippen LogP contribution < -0.4 is 15.6 Å². The van der Waals surface area contributed by atoms with Crippen LogP contribution in [0.4, 0.5) is 15.8 Å². The molecule has 4 rings (SSSR count). The second kappa shape index (κ2) is 14.6. The van der Waals surface area contributed by atoms with E-state index >= 15 is 0 Å². The summed E-state index contributed by atoms with van der Waals surface area (Å²) in [5.41, 5.74) is 5.05. The minimum Gasteiger partial charge on any atom is -0.392 e. The van der Waals surface area contributed by atoms with Crippen LogP contribution in [0.2, 0.25) is 0 Å². The minimum absolute atomic E-state index is 0.0467. The van der Waals surface area contributed by atoms with E-state index in [4.69, 9.17) is 0 Å². The van der Waals surface area contributed by atoms with Crippen LogP contribution in [0.15, 0.2) is 71.8 Å². The molecule has 4 N–H and O–H groups in total. The number of halogens is 1. The lowest BCUT2D eigenvalue weighted by Crippen LogP contribution is -2.35. The van der Waals surface area contributed by atoms with Gasteiger partial charge in [0, 0.05) is 43.9 Å². The van der Waals surface area contributed by atoms with Crippen LogP contribution in [0.3, 0.4) is 0 Å². The predicted molar refractivity (Wildman–Crippen MR) is 163 cm³/mol. The Balaban J connectivity index is 1.55. The quantitative estimate of drug-likeness (QED) is 0.189. The second-order valence-electron chi connectivity index (χ2n) is 10.7. The van der Waals surface area contributed by atoms with Crippen LogP contribution in [0.5, 0.6) is 0 Å². The van der Waals surface area contributed by atoms with Crippen LogP contribution >= 0.6 is 0 Å². The van der Waals surface area contributed by atoms with Crippen molar-refractivity contribution in [1.82, 2.24) is 10.3 Å². The number of anilines is 2. The summed E-state index contributed by atoms with van der Waals surface area (Å²) in [4.78, 5) is 42.4. The number of carbonyl (C=O) groups excluding carboxylic acids is 3. The van der Waals surface area contributed by atoms with E-state index in [1.165, 1.54) is 30.5 Å². The van der Waals surface area contributed by atoms with Crippen molar-refractivity contribution < 1.29 is 29.0 Å². The normalized spacial score (nSPS) is 14.7. The van der Waals surface area contributed by atoms with Crippen molar-refractivity contribution >= 4 is 35.3 Å². The molecular formula is C32H36FN5O5. The molecule has 1 aliphatic heterocycles. The molecule has 11 heteroatoms. The summed E-state index contributed by atoms with van der Waals surface area (Å²) in [7, 11) is 0. The number of hydrogen-bond donors (Lipinski definition) is 4. The van der Waals surface area contributed by atoms with Gasteiger partial charge in [-0.3, -0.25) is 19.3 Å². The van der Waals surface area contributed by atoms with Crippen molar-refractivity contribution in [3.8, 4) is 0 Å². The van der Waals surface area contributed by atoms with Gasteiger partial charge >= 0.3 is 0 Å². The van der Waals surface area contributed by atoms with Gasteiger partial charge < -0.3 is 20.4 Å². The average Bonchev–Trinajstić information content (AvgIpc) is 3.39. The zero-order valence-electron chi connectivity index (χ0n) is 24.2. The lowest BCUT2D eigenvalue weighted by Gasteiger charge is -2.25. The van der Waals surface area contributed by atoms with E-state index in [2.05, 4.69) is 15.8 Å². The Kier molecular flexibility index (Phi) is 10.7. The summed E-state index contributed by atoms with van der Waals surface area (Å²) in [5.74, 6) is -1.50. The molecule has 43 heavy (non-hydrogen) atoms. The molecule has 2 atom stereocenters. The molecule has 3 aromatic carbocycles. The fourth-order valence-corrected chi connectivity index (χ4v) is 4.91. The molecule has 226 valence electrons. The van der Waals surface area contributed by atoms with Gasteiger partial charge in [-0.2, -0.15) is 5.10 Å². The smallest absolute Gasteiger partial charge is 0.273 e. The van der Waals surface area contributed by atoms with Gasteiger partial charge in [0.2, 0.25) is 5.91 Å². The second-order valence-corrected chi connectivity index (χ2v) is 10.7. The molecular weight excluding hydrogens is 553 g/mol. The average molecular weight is 590 g/mol. The van der Waals surface area contributed by atoms with Crippen molar-refractivity contribution in [2.45, 2.75) is 45.4 Å². The van der Waals surface area contributed by atoms with Gasteiger partial charge in [-0.25, -0.2) is 9.82 Å². The first-order valence-electron chi connectivity index (χ1n) is 14.1. The summed E-state index contributed by atoms with van der Waals surface area (Å²) in [5, 5.41) is 26.5. The highest BCUT2D eigenvalue weighted by Crippen LogP contribution is 2.27. The Bertz CT molecular complexity index is 1470. The van der Waals surface area contributed by atoms with Crippen LogP contribution in [0.1, 0.15) is 58.5 Å². The summed E-state index contributed by atoms with van der Waals surface area (Å²) in [6.07, 6.45) is 1.32. The van der Waals surface area contributed by atoms with Crippen molar-refractivity contribution in [2.24, 2.45) is 5.10 Å². The van der Waals surface area contributed by atoms with Crippen LogP contribution in [-0.2, 0) is 11.3 Å². The summed E-state index contributed by atoms with van der Waals surface area (Å²) >= 11 is 0. The summed E-state index contributed by atoms with van der Waals surface area (Å²) < 4.78 is 13.2. The topological polar surface area (TPSA) is 135 Å². The third-order valence-electron chi connectivity index (χ3n) is 6.77. The van der Waals surface area contributed by atoms with E-state index in [1.807, 2.05) is 11.0 Å². The Hall–Kier alpha value is -4.45. The van der Waals surface area contributed by atoms with Gasteiger partial charge in [-0.15, -0.1) is 0 Å². The van der Waals surface area contributed by atoms with Crippen molar-refractivity contribution in [1.29, 1.82) is 0 Å². The number of hydrazone groups is 1. The van der Waals surface area contributed by atoms with Gasteiger partial charge in [0.1, 0.15) is 5.82 Å². The molecule has 0 radical (unpaired) electrons. The van der Waals surface area contributed by atoms with E-state index in [1.54, 1.807) is 55.1 Å². The van der Waals surface area contributed by atoms with E-state index in [9.17, 15) is 29.0 Å². The molecule has 2 unspecified atom stereocenters. The molecule has 0 saturated carbocycles. The predicted octanol–water partition coefficient (Wildman–Crippen LogP) is 3.53. The van der Waals surface area contributed by atoms with E-state index in [0.717, 1.165) is 5.56 Å². The molecule has 0 bridgehead atoms. The molecule has 1 heterocycles. The molecule has 0 spiro atoms. The lowest BCUT2D eigenvalue weighted by molar-refractivity contribution is -0.117. The minimum atomic E-state index is -0.609. The van der Waals surface area contributed by atoms with Gasteiger partial charge in [0.05, 0.1) is 29.7 Å². The SMILES string of the molecule is CC(O)CN(Cc1cccc(C(=O)Nc2ccc(N3CCCC3=O)cc2C(=O)N/N=C/c2ccc(F)cc2)c1)CC(C)O. The Morgan fingerprint density at radius 1 is 1.02 bits per heavy atom. The number of carbonyl (C=O) groups is 3. The highest BCUT2D eigenvalue weighted by atomic mass is 19.1. The number of hydrogen-bond acceptors (Lipinski definition) is 7. The molecule has 0 aliphatic carbocycles. The summed E-state index contributed by atoms with van der Waals surface area (Å²) in [6, 6.07) is 17.3. The maximum atomic E-state index is 13.3. The van der Waals surface area contributed by atoms with E-state index < -0.39 is 29.8 Å². The van der Waals surface area contributed by atoms with Gasteiger partial charge in [0.15, 0.2) is 0 Å². The van der Waals surface area contributed by atoms with Gasteiger partial charge in [-0.05, 0) is 73.9 Å². The first-order valence-corrected chi connectivity index (χ1v) is 14.1. The van der Waals surface area contributed by atoms with Crippen LogP contribution in [0.25, 0.3) is 0 Å². The van der Waals surface area contributed by atoms with Gasteiger partial charge in [0.25, 0.3) is 11.8 Å². The summed E-state index contributed by atoms with van der Waals surface area (Å²) in [6.45, 7) is 5.00. The number of nitrogens with one attached hydrogen (secondary N) is 2. The van der Waals surface area contributed by atoms with Crippen molar-refractivity contribution in [3.63, 3.8) is 0 Å². The largest absolute Gasteiger partial charge is 0.392 e. The third kappa shape index (κ3) is 9.02. The standard InChI is InChI=1S/C32H36FN5O5/c1-21(39)18-37(19-22(2)40)20-24-5-3-6-25(15-24)31(42)35-29-13-12-27(38-14-4-7-30(38)41)16-28(29)32(43)36-34-17-23-8-10-26(33)11-9-23/h3,5-6,8-13,15-17,21-22,39-40H,4,7,14,18-20H2,1-2H3,(H,35,42)(H,36,43)/b34-17+. The lowest BCUT2D eigenvalue weighted by atomic mass is 10.1. The Morgan fingerprint density at radius 3 is 2.40 bits per heavy atom. The molecule has 1 aliphatic rings. The van der Waals surface area contributed by atoms with Crippen LogP contribution in [-0.4, -0.2) is 70.9 Å². The van der Waals surface area contributed by atoms with E-state index in [0.29, 0.717) is 55.8 Å². The maximum Gasteiger partial charge on any atom is 0.273 e. The fourth-order valence-electron chi connectivity index (χ4n) is 4.91. The first kappa shape index (κ1) is 31.5. The zero-order valence-corrected chi connectivity index (χ0v) is 24.2. The third-order valence-corrected chi connectivity index (χ3v) is 6.77. The zero-order chi connectivity index (χ0) is 30.9. The number of amides is 3. The number of nitrogens with zero attached hydrogens (tertiary/aromatic N) is 3. The molecule has 1 fully saturated rings. The monoisotopic (exact) mass is 589 g/mol. The number of rotatable bonds is 12. The fraction of sp³-hybridized carbons (Fsp3) is 0.312. The molecule has 3 amide bonds. The number of benzene rings is 3. The Labute approximate surface area is 249 Å². The Morgan fingerprint density at radius 2 is 1.74 bits per heavy atom. The van der Waals surface area contributed by atoms with Crippen LogP contribution in [0, 0.1) is 5.82 Å². The highest BCUT2D eigenvalue weighted by molar-refractivity contribution is 6.10. The number of aliphatic hydroxyl groups excluding tert-OH is 2.